The van der Waals surface area contributed by atoms with Crippen molar-refractivity contribution in [2.45, 2.75) is 31.7 Å². The van der Waals surface area contributed by atoms with Gasteiger partial charge in [-0.3, -0.25) is 0 Å². The molecule has 6 nitrogen and oxygen atoms in total. The first-order valence-electron chi connectivity index (χ1n) is 8.20. The smallest absolute Gasteiger partial charge is 0.226 e. The molecule has 2 atom stereocenters. The van der Waals surface area contributed by atoms with E-state index in [2.05, 4.69) is 32.0 Å². The number of aliphatic hydroxyl groups is 1. The van der Waals surface area contributed by atoms with Crippen molar-refractivity contribution < 1.29 is 5.11 Å². The highest BCUT2D eigenvalue weighted by Crippen LogP contribution is 2.33. The van der Waals surface area contributed by atoms with Gasteiger partial charge >= 0.3 is 0 Å². The molecule has 1 N–H and O–H groups in total. The van der Waals surface area contributed by atoms with Gasteiger partial charge in [0.05, 0.1) is 12.4 Å². The third-order valence-corrected chi connectivity index (χ3v) is 4.94. The number of allylic oxidation sites excluding steroid dienone is 1. The summed E-state index contributed by atoms with van der Waals surface area (Å²) in [6.07, 6.45) is 10.5. The third-order valence-electron chi connectivity index (χ3n) is 4.77. The van der Waals surface area contributed by atoms with E-state index in [9.17, 15) is 5.11 Å². The van der Waals surface area contributed by atoms with E-state index in [-0.39, 0.29) is 23.9 Å². The number of rotatable bonds is 3. The minimum atomic E-state index is 0.164. The van der Waals surface area contributed by atoms with Gasteiger partial charge in [0.25, 0.3) is 0 Å². The van der Waals surface area contributed by atoms with Crippen LogP contribution in [0.15, 0.2) is 18.5 Å². The van der Waals surface area contributed by atoms with Gasteiger partial charge in [-0.15, -0.1) is 0 Å². The van der Waals surface area contributed by atoms with E-state index in [4.69, 9.17) is 11.6 Å². The van der Waals surface area contributed by atoms with E-state index in [1.165, 1.54) is 19.3 Å². The zero-order valence-electron chi connectivity index (χ0n) is 12.9. The Morgan fingerprint density at radius 2 is 2.00 bits per heavy atom. The topological polar surface area (TPSA) is 67.1 Å². The maximum absolute atomic E-state index is 9.32. The van der Waals surface area contributed by atoms with Gasteiger partial charge in [-0.25, -0.2) is 4.98 Å². The van der Waals surface area contributed by atoms with E-state index >= 15 is 0 Å². The van der Waals surface area contributed by atoms with Crippen LogP contribution in [0.4, 0.5) is 5.82 Å². The summed E-state index contributed by atoms with van der Waals surface area (Å²) in [5, 5.41) is 9.59. The van der Waals surface area contributed by atoms with E-state index in [0.29, 0.717) is 0 Å². The molecule has 1 saturated heterocycles. The van der Waals surface area contributed by atoms with Gasteiger partial charge in [0.1, 0.15) is 0 Å². The second-order valence-electron chi connectivity index (χ2n) is 6.32. The number of aliphatic hydroxyl groups excluding tert-OH is 1. The summed E-state index contributed by atoms with van der Waals surface area (Å²) in [4.78, 5) is 15.7. The minimum Gasteiger partial charge on any atom is -0.396 e. The molecule has 1 fully saturated rings. The van der Waals surface area contributed by atoms with Crippen LogP contribution in [-0.4, -0.2) is 44.3 Å². The molecule has 0 saturated carbocycles. The lowest BCUT2D eigenvalue weighted by atomic mass is 10.1. The number of imidazole rings is 1. The van der Waals surface area contributed by atoms with Crippen LogP contribution in [0, 0.1) is 5.92 Å². The van der Waals surface area contributed by atoms with Crippen LogP contribution in [0.5, 0.6) is 0 Å². The first-order chi connectivity index (χ1) is 11.3. The minimum absolute atomic E-state index is 0.164. The summed E-state index contributed by atoms with van der Waals surface area (Å²) in [6, 6.07) is 0.164. The van der Waals surface area contributed by atoms with Gasteiger partial charge < -0.3 is 14.6 Å². The highest BCUT2D eigenvalue weighted by atomic mass is 35.5. The molecular formula is C16H20ClN5O. The highest BCUT2D eigenvalue weighted by molar-refractivity contribution is 6.28. The summed E-state index contributed by atoms with van der Waals surface area (Å²) in [6.45, 7) is 2.16. The lowest BCUT2D eigenvalue weighted by molar-refractivity contribution is 0.244. The zero-order valence-corrected chi connectivity index (χ0v) is 13.7. The Hall–Kier alpha value is -1.66. The molecule has 3 heterocycles. The molecule has 0 unspecified atom stereocenters. The first-order valence-corrected chi connectivity index (χ1v) is 8.58. The van der Waals surface area contributed by atoms with Crippen molar-refractivity contribution in [1.82, 2.24) is 19.5 Å². The molecule has 2 aromatic rings. The number of halogens is 1. The SMILES string of the molecule is OC[C@@H]1C=C[C@H](n2cnc3c(N4CCCCC4)nc(Cl)nc32)C1. The average molecular weight is 334 g/mol. The van der Waals surface area contributed by atoms with E-state index < -0.39 is 0 Å². The molecular weight excluding hydrogens is 314 g/mol. The molecule has 7 heteroatoms. The van der Waals surface area contributed by atoms with Gasteiger partial charge in [0.2, 0.25) is 5.28 Å². The van der Waals surface area contributed by atoms with Crippen molar-refractivity contribution in [3.05, 3.63) is 23.8 Å². The number of hydrogen-bond donors (Lipinski definition) is 1. The first kappa shape index (κ1) is 14.9. The van der Waals surface area contributed by atoms with Crippen molar-refractivity contribution in [3.63, 3.8) is 0 Å². The van der Waals surface area contributed by atoms with Crippen LogP contribution in [0.2, 0.25) is 5.28 Å². The van der Waals surface area contributed by atoms with Crippen LogP contribution >= 0.6 is 11.6 Å². The number of anilines is 1. The molecule has 122 valence electrons. The predicted octanol–water partition coefficient (Wildman–Crippen LogP) is 2.58. The Labute approximate surface area is 139 Å². The van der Waals surface area contributed by atoms with Gasteiger partial charge in [-0.1, -0.05) is 12.2 Å². The largest absolute Gasteiger partial charge is 0.396 e. The molecule has 4 rings (SSSR count). The molecule has 0 amide bonds. The Morgan fingerprint density at radius 1 is 1.17 bits per heavy atom. The van der Waals surface area contributed by atoms with Crippen molar-refractivity contribution in [2.24, 2.45) is 5.92 Å². The van der Waals surface area contributed by atoms with E-state index in [1.54, 1.807) is 0 Å². The normalized spacial score (nSPS) is 24.7. The summed E-state index contributed by atoms with van der Waals surface area (Å²) in [5.41, 5.74) is 1.59. The number of piperidine rings is 1. The molecule has 0 spiro atoms. The second kappa shape index (κ2) is 6.09. The Bertz CT molecular complexity index is 737. The summed E-state index contributed by atoms with van der Waals surface area (Å²) < 4.78 is 2.04. The number of fused-ring (bicyclic) bond motifs is 1. The predicted molar refractivity (Wildman–Crippen MR) is 89.8 cm³/mol. The summed E-state index contributed by atoms with van der Waals surface area (Å²) in [7, 11) is 0. The maximum Gasteiger partial charge on any atom is 0.226 e. The fourth-order valence-corrected chi connectivity index (χ4v) is 3.70. The molecule has 2 aromatic heterocycles. The van der Waals surface area contributed by atoms with Gasteiger partial charge in [-0.2, -0.15) is 9.97 Å². The molecule has 2 aliphatic rings. The highest BCUT2D eigenvalue weighted by Gasteiger charge is 2.25. The molecule has 0 bridgehead atoms. The van der Waals surface area contributed by atoms with Crippen molar-refractivity contribution in [3.8, 4) is 0 Å². The van der Waals surface area contributed by atoms with E-state index in [1.807, 2.05) is 10.9 Å². The van der Waals surface area contributed by atoms with Crippen LogP contribution in [0.25, 0.3) is 11.2 Å². The van der Waals surface area contributed by atoms with Crippen molar-refractivity contribution in [1.29, 1.82) is 0 Å². The van der Waals surface area contributed by atoms with Crippen molar-refractivity contribution >= 4 is 28.6 Å². The second-order valence-corrected chi connectivity index (χ2v) is 6.66. The Balaban J connectivity index is 1.74. The van der Waals surface area contributed by atoms with Gasteiger partial charge in [0.15, 0.2) is 17.0 Å². The summed E-state index contributed by atoms with van der Waals surface area (Å²) >= 11 is 6.19. The average Bonchev–Trinajstić information content (AvgIpc) is 3.21. The van der Waals surface area contributed by atoms with Gasteiger partial charge in [0, 0.05) is 25.6 Å². The monoisotopic (exact) mass is 333 g/mol. The maximum atomic E-state index is 9.32. The van der Waals surface area contributed by atoms with Crippen LogP contribution < -0.4 is 4.90 Å². The van der Waals surface area contributed by atoms with Crippen molar-refractivity contribution in [2.75, 3.05) is 24.6 Å². The van der Waals surface area contributed by atoms with E-state index in [0.717, 1.165) is 36.5 Å². The third kappa shape index (κ3) is 2.70. The molecule has 0 aromatic carbocycles. The number of aromatic nitrogens is 4. The van der Waals surface area contributed by atoms with Crippen LogP contribution in [0.3, 0.4) is 0 Å². The fourth-order valence-electron chi connectivity index (χ4n) is 3.54. The Kier molecular flexibility index (Phi) is 3.95. The summed E-state index contributed by atoms with van der Waals surface area (Å²) in [5.74, 6) is 1.05. The lowest BCUT2D eigenvalue weighted by Crippen LogP contribution is -2.30. The van der Waals surface area contributed by atoms with Crippen LogP contribution in [-0.2, 0) is 0 Å². The standard InChI is InChI=1S/C16H20ClN5O/c17-16-19-14(21-6-2-1-3-7-21)13-15(20-16)22(10-18-13)12-5-4-11(8-12)9-23/h4-5,10-12,23H,1-3,6-9H2/t11-,12+/m1/s1. The Morgan fingerprint density at radius 3 is 2.74 bits per heavy atom. The lowest BCUT2D eigenvalue weighted by Gasteiger charge is -2.27. The molecule has 1 aliphatic carbocycles. The molecule has 0 radical (unpaired) electrons. The quantitative estimate of drug-likeness (QED) is 0.690. The van der Waals surface area contributed by atoms with Crippen LogP contribution in [0.1, 0.15) is 31.7 Å². The molecule has 23 heavy (non-hydrogen) atoms. The fraction of sp³-hybridized carbons (Fsp3) is 0.562. The molecule has 1 aliphatic heterocycles. The van der Waals surface area contributed by atoms with Gasteiger partial charge in [-0.05, 0) is 37.3 Å². The number of nitrogens with zero attached hydrogens (tertiary/aromatic N) is 5. The number of hydrogen-bond acceptors (Lipinski definition) is 5. The zero-order chi connectivity index (χ0) is 15.8.